The van der Waals surface area contributed by atoms with Crippen LogP contribution >= 0.6 is 0 Å². The van der Waals surface area contributed by atoms with Crippen LogP contribution in [0.15, 0.2) is 0 Å². The summed E-state index contributed by atoms with van der Waals surface area (Å²) in [5.41, 5.74) is 3.14. The van der Waals surface area contributed by atoms with Crippen LogP contribution in [0.2, 0.25) is 0 Å². The van der Waals surface area contributed by atoms with Crippen molar-refractivity contribution < 1.29 is 35.9 Å². The lowest BCUT2D eigenvalue weighted by atomic mass is 10.0. The normalized spacial score (nSPS) is 16.6. The first-order chi connectivity index (χ1) is 8.70. The molecule has 0 aliphatic rings. The number of alkyl halides is 6. The second kappa shape index (κ2) is 6.17. The Kier molecular flexibility index (Phi) is 5.85. The van der Waals surface area contributed by atoms with Gasteiger partial charge in [-0.2, -0.15) is 26.3 Å². The minimum Gasteiger partial charge on any atom is -0.368 e. The molecule has 0 aromatic heterocycles. The summed E-state index contributed by atoms with van der Waals surface area (Å²) >= 11 is 0. The number of carbonyl (C=O) groups excluding carboxylic acids is 1. The van der Waals surface area contributed by atoms with E-state index in [1.807, 2.05) is 0 Å². The van der Waals surface area contributed by atoms with E-state index in [0.717, 1.165) is 6.92 Å². The van der Waals surface area contributed by atoms with Gasteiger partial charge < -0.3 is 10.5 Å². The smallest absolute Gasteiger partial charge is 0.368 e. The van der Waals surface area contributed by atoms with Crippen molar-refractivity contribution in [2.45, 2.75) is 50.8 Å². The molecule has 4 nitrogen and oxygen atoms in total. The van der Waals surface area contributed by atoms with Gasteiger partial charge in [0.2, 0.25) is 12.0 Å². The van der Waals surface area contributed by atoms with Crippen LogP contribution in [-0.4, -0.2) is 42.6 Å². The van der Waals surface area contributed by atoms with Gasteiger partial charge >= 0.3 is 12.4 Å². The van der Waals surface area contributed by atoms with Crippen molar-refractivity contribution in [3.8, 4) is 0 Å². The van der Waals surface area contributed by atoms with E-state index >= 15 is 0 Å². The van der Waals surface area contributed by atoms with Gasteiger partial charge in [-0.15, -0.1) is 0 Å². The molecule has 0 radical (unpaired) electrons. The van der Waals surface area contributed by atoms with Gasteiger partial charge in [-0.05, 0) is 20.8 Å². The second-order valence-corrected chi connectivity index (χ2v) is 4.77. The maximum atomic E-state index is 12.3. The highest BCUT2D eigenvalue weighted by atomic mass is 19.4. The zero-order valence-electron chi connectivity index (χ0n) is 11.0. The molecule has 0 aromatic carbocycles. The van der Waals surface area contributed by atoms with Crippen molar-refractivity contribution in [2.75, 3.05) is 6.61 Å². The molecule has 3 N–H and O–H groups in total. The van der Waals surface area contributed by atoms with Crippen molar-refractivity contribution in [3.63, 3.8) is 0 Å². The van der Waals surface area contributed by atoms with Gasteiger partial charge in [-0.3, -0.25) is 10.1 Å². The Morgan fingerprint density at radius 2 is 1.55 bits per heavy atom. The van der Waals surface area contributed by atoms with Crippen molar-refractivity contribution in [1.82, 2.24) is 5.32 Å². The third kappa shape index (κ3) is 5.53. The molecular weight excluding hydrogens is 294 g/mol. The molecular formula is C10H16F6N2O2. The van der Waals surface area contributed by atoms with E-state index in [1.54, 1.807) is 13.8 Å². The molecule has 120 valence electrons. The fourth-order valence-electron chi connectivity index (χ4n) is 1.45. The number of carbonyl (C=O) groups is 1. The molecule has 20 heavy (non-hydrogen) atoms. The Balaban J connectivity index is 5.04. The molecule has 0 saturated heterocycles. The number of nitrogens with two attached hydrogens (primary N) is 1. The van der Waals surface area contributed by atoms with Gasteiger partial charge in [0.05, 0.1) is 6.61 Å². The van der Waals surface area contributed by atoms with Crippen molar-refractivity contribution in [1.29, 1.82) is 0 Å². The first kappa shape index (κ1) is 19.0. The number of primary amides is 1. The van der Waals surface area contributed by atoms with Crippen molar-refractivity contribution in [2.24, 2.45) is 5.73 Å². The molecule has 1 unspecified atom stereocenters. The van der Waals surface area contributed by atoms with E-state index in [9.17, 15) is 31.1 Å². The average Bonchev–Trinajstić information content (AvgIpc) is 2.11. The highest BCUT2D eigenvalue weighted by Crippen LogP contribution is 2.36. The third-order valence-electron chi connectivity index (χ3n) is 2.28. The molecule has 1 atom stereocenters. The molecule has 0 aliphatic heterocycles. The van der Waals surface area contributed by atoms with Gasteiger partial charge in [0.25, 0.3) is 0 Å². The lowest BCUT2D eigenvalue weighted by Crippen LogP contribution is -2.60. The summed E-state index contributed by atoms with van der Waals surface area (Å²) in [7, 11) is 0. The zero-order valence-corrected chi connectivity index (χ0v) is 11.0. The fraction of sp³-hybridized carbons (Fsp3) is 0.900. The number of amides is 1. The summed E-state index contributed by atoms with van der Waals surface area (Å²) in [6.07, 6.45) is -15.2. The lowest BCUT2D eigenvalue weighted by Gasteiger charge is -2.32. The maximum Gasteiger partial charge on any atom is 0.423 e. The Morgan fingerprint density at radius 3 is 1.80 bits per heavy atom. The van der Waals surface area contributed by atoms with Gasteiger partial charge in [0.1, 0.15) is 5.54 Å². The highest BCUT2D eigenvalue weighted by molar-refractivity contribution is 5.84. The summed E-state index contributed by atoms with van der Waals surface area (Å²) in [5.74, 6) is -1.12. The second-order valence-electron chi connectivity index (χ2n) is 4.77. The summed E-state index contributed by atoms with van der Waals surface area (Å²) in [6.45, 7) is 3.00. The summed E-state index contributed by atoms with van der Waals surface area (Å²) in [5, 5.41) is 2.48. The maximum absolute atomic E-state index is 12.3. The van der Waals surface area contributed by atoms with Gasteiger partial charge in [0, 0.05) is 6.04 Å². The first-order valence-corrected chi connectivity index (χ1v) is 5.53. The molecule has 0 bridgehead atoms. The van der Waals surface area contributed by atoms with Crippen LogP contribution in [0.4, 0.5) is 26.3 Å². The summed E-state index contributed by atoms with van der Waals surface area (Å²) in [4.78, 5) is 11.2. The number of hydrogen-bond acceptors (Lipinski definition) is 3. The van der Waals surface area contributed by atoms with Crippen LogP contribution < -0.4 is 11.1 Å². The van der Waals surface area contributed by atoms with E-state index in [-0.39, 0.29) is 0 Å². The molecule has 0 fully saturated rings. The van der Waals surface area contributed by atoms with Crippen molar-refractivity contribution >= 4 is 5.91 Å². The first-order valence-electron chi connectivity index (χ1n) is 5.53. The van der Waals surface area contributed by atoms with E-state index < -0.39 is 42.6 Å². The predicted molar refractivity (Wildman–Crippen MR) is 57.7 cm³/mol. The Hall–Kier alpha value is -1.03. The summed E-state index contributed by atoms with van der Waals surface area (Å²) < 4.78 is 77.5. The van der Waals surface area contributed by atoms with E-state index in [0.29, 0.717) is 0 Å². The lowest BCUT2D eigenvalue weighted by molar-refractivity contribution is -0.323. The number of nitrogens with one attached hydrogen (secondary N) is 1. The number of rotatable bonds is 6. The summed E-state index contributed by atoms with van der Waals surface area (Å²) in [6, 6.07) is -0.397. The number of ether oxygens (including phenoxy) is 1. The van der Waals surface area contributed by atoms with Crippen LogP contribution in [0.3, 0.4) is 0 Å². The minimum atomic E-state index is -5.63. The van der Waals surface area contributed by atoms with E-state index in [2.05, 4.69) is 10.1 Å². The topological polar surface area (TPSA) is 64.3 Å². The molecule has 0 heterocycles. The van der Waals surface area contributed by atoms with Crippen LogP contribution in [0.5, 0.6) is 0 Å². The van der Waals surface area contributed by atoms with Gasteiger partial charge in [-0.25, -0.2) is 0 Å². The van der Waals surface area contributed by atoms with E-state index in [1.165, 1.54) is 0 Å². The Morgan fingerprint density at radius 1 is 1.15 bits per heavy atom. The molecule has 0 spiro atoms. The van der Waals surface area contributed by atoms with Gasteiger partial charge in [-0.1, -0.05) is 0 Å². The third-order valence-corrected chi connectivity index (χ3v) is 2.28. The number of hydrogen-bond donors (Lipinski definition) is 2. The standard InChI is InChI=1S/C10H16F6N2O2/c1-5(2)18-8(3,7(17)19)4-20-6(9(11,12)13)10(14,15)16/h5-6,18H,4H2,1-3H3,(H2,17,19). The Bertz CT molecular complexity index is 328. The van der Waals surface area contributed by atoms with Crippen LogP contribution in [0, 0.1) is 0 Å². The SMILES string of the molecule is CC(C)NC(C)(COC(C(F)(F)F)C(F)(F)F)C(N)=O. The Labute approximate surface area is 111 Å². The minimum absolute atomic E-state index is 0.397. The monoisotopic (exact) mass is 310 g/mol. The van der Waals surface area contributed by atoms with Crippen LogP contribution in [0.25, 0.3) is 0 Å². The van der Waals surface area contributed by atoms with E-state index in [4.69, 9.17) is 5.73 Å². The molecule has 1 amide bonds. The zero-order chi connectivity index (χ0) is 16.4. The molecule has 0 aromatic rings. The molecule has 0 aliphatic carbocycles. The highest BCUT2D eigenvalue weighted by Gasteiger charge is 2.58. The van der Waals surface area contributed by atoms with Gasteiger partial charge in [0.15, 0.2) is 0 Å². The molecule has 0 rings (SSSR count). The molecule has 0 saturated carbocycles. The van der Waals surface area contributed by atoms with Crippen LogP contribution in [0.1, 0.15) is 20.8 Å². The number of halogens is 6. The molecule has 10 heteroatoms. The quantitative estimate of drug-likeness (QED) is 0.735. The average molecular weight is 310 g/mol. The fourth-order valence-corrected chi connectivity index (χ4v) is 1.45. The predicted octanol–water partition coefficient (Wildman–Crippen LogP) is 1.74. The van der Waals surface area contributed by atoms with Crippen LogP contribution in [-0.2, 0) is 9.53 Å². The largest absolute Gasteiger partial charge is 0.423 e. The van der Waals surface area contributed by atoms with Crippen molar-refractivity contribution in [3.05, 3.63) is 0 Å².